The van der Waals surface area contributed by atoms with Gasteiger partial charge in [-0.1, -0.05) is 72.2 Å². The Labute approximate surface area is 243 Å². The average molecular weight is 649 g/mol. The van der Waals surface area contributed by atoms with Crippen LogP contribution in [0, 0.1) is 0 Å². The molecule has 5 aromatic rings. The molecule has 8 heteroatoms. The van der Waals surface area contributed by atoms with E-state index in [1.54, 1.807) is 19.4 Å². The Bertz CT molecular complexity index is 1760. The van der Waals surface area contributed by atoms with Crippen molar-refractivity contribution in [3.05, 3.63) is 109 Å². The Morgan fingerprint density at radius 3 is 2.59 bits per heavy atom. The summed E-state index contributed by atoms with van der Waals surface area (Å²) >= 11 is 7.10. The van der Waals surface area contributed by atoms with Crippen molar-refractivity contribution in [3.63, 3.8) is 0 Å². The van der Waals surface area contributed by atoms with E-state index in [9.17, 15) is 4.79 Å². The summed E-state index contributed by atoms with van der Waals surface area (Å²) in [4.78, 5) is 18.2. The summed E-state index contributed by atoms with van der Waals surface area (Å²) in [6.07, 6.45) is 2.46. The third-order valence-corrected chi connectivity index (χ3v) is 7.92. The molecule has 0 amide bonds. The van der Waals surface area contributed by atoms with Crippen LogP contribution in [0.3, 0.4) is 0 Å². The summed E-state index contributed by atoms with van der Waals surface area (Å²) in [7, 11) is 1.60. The lowest BCUT2D eigenvalue weighted by molar-refractivity contribution is 0.285. The number of halogens is 2. The molecule has 5 rings (SSSR count). The van der Waals surface area contributed by atoms with Crippen LogP contribution in [0.25, 0.3) is 21.7 Å². The van der Waals surface area contributed by atoms with E-state index in [1.165, 1.54) is 10.1 Å². The first-order valence-corrected chi connectivity index (χ1v) is 14.2. The second-order valence-electron chi connectivity index (χ2n) is 9.25. The van der Waals surface area contributed by atoms with E-state index >= 15 is 0 Å². The summed E-state index contributed by atoms with van der Waals surface area (Å²) in [5.41, 5.74) is 2.26. The van der Waals surface area contributed by atoms with E-state index < -0.39 is 0 Å². The standard InChI is InChI=1S/C31H27Br2N3O3/c1-4-19(2)30-35-27-13-12-23(32)15-25(27)31(37)36(30)34-17-22-14-28(38-3)29(16-26(22)33)39-18-21-10-7-9-20-8-5-6-11-24(20)21/h5-17,19H,4,18H2,1-3H3/t19-/m1/s1. The van der Waals surface area contributed by atoms with Crippen LogP contribution in [0.5, 0.6) is 11.5 Å². The maximum Gasteiger partial charge on any atom is 0.282 e. The maximum absolute atomic E-state index is 13.5. The maximum atomic E-state index is 13.5. The molecule has 0 fully saturated rings. The quantitative estimate of drug-likeness (QED) is 0.160. The van der Waals surface area contributed by atoms with Crippen molar-refractivity contribution in [1.82, 2.24) is 9.66 Å². The van der Waals surface area contributed by atoms with Crippen LogP contribution in [-0.4, -0.2) is 23.0 Å². The second-order valence-corrected chi connectivity index (χ2v) is 11.0. The molecule has 0 saturated carbocycles. The van der Waals surface area contributed by atoms with Gasteiger partial charge in [0.2, 0.25) is 0 Å². The predicted molar refractivity (Wildman–Crippen MR) is 164 cm³/mol. The average Bonchev–Trinajstić information content (AvgIpc) is 2.96. The number of benzene rings is 4. The van der Waals surface area contributed by atoms with Crippen LogP contribution in [0.15, 0.2) is 91.6 Å². The number of aromatic nitrogens is 2. The summed E-state index contributed by atoms with van der Waals surface area (Å²) in [5.74, 6) is 1.83. The van der Waals surface area contributed by atoms with Crippen molar-refractivity contribution in [3.8, 4) is 11.5 Å². The topological polar surface area (TPSA) is 65.7 Å². The highest BCUT2D eigenvalue weighted by atomic mass is 79.9. The first-order valence-electron chi connectivity index (χ1n) is 12.6. The molecule has 6 nitrogen and oxygen atoms in total. The molecule has 0 spiro atoms. The summed E-state index contributed by atoms with van der Waals surface area (Å²) in [6.45, 7) is 4.50. The lowest BCUT2D eigenvalue weighted by Gasteiger charge is -2.15. The molecule has 0 aliphatic carbocycles. The molecule has 0 N–H and O–H groups in total. The van der Waals surface area contributed by atoms with Crippen LogP contribution in [-0.2, 0) is 6.61 Å². The lowest BCUT2D eigenvalue weighted by Crippen LogP contribution is -2.23. The van der Waals surface area contributed by atoms with Crippen LogP contribution in [0.4, 0.5) is 0 Å². The van der Waals surface area contributed by atoms with Crippen LogP contribution in [0.2, 0.25) is 0 Å². The monoisotopic (exact) mass is 647 g/mol. The molecular weight excluding hydrogens is 622 g/mol. The third-order valence-electron chi connectivity index (χ3n) is 6.74. The number of hydrogen-bond donors (Lipinski definition) is 0. The van der Waals surface area contributed by atoms with Gasteiger partial charge >= 0.3 is 0 Å². The van der Waals surface area contributed by atoms with Gasteiger partial charge in [-0.15, -0.1) is 0 Å². The van der Waals surface area contributed by atoms with Crippen LogP contribution < -0.4 is 15.0 Å². The van der Waals surface area contributed by atoms with Crippen molar-refractivity contribution in [2.24, 2.45) is 5.10 Å². The molecule has 0 aliphatic heterocycles. The number of ether oxygens (including phenoxy) is 2. The van der Waals surface area contributed by atoms with Gasteiger partial charge in [-0.3, -0.25) is 4.79 Å². The fraction of sp³-hybridized carbons (Fsp3) is 0.194. The van der Waals surface area contributed by atoms with Gasteiger partial charge in [0.25, 0.3) is 5.56 Å². The zero-order valence-corrected chi connectivity index (χ0v) is 25.0. The van der Waals surface area contributed by atoms with E-state index in [2.05, 4.69) is 68.2 Å². The Hall–Kier alpha value is -3.49. The summed E-state index contributed by atoms with van der Waals surface area (Å²) in [5, 5.41) is 7.42. The summed E-state index contributed by atoms with van der Waals surface area (Å²) in [6, 6.07) is 23.6. The Morgan fingerprint density at radius 2 is 1.79 bits per heavy atom. The van der Waals surface area contributed by atoms with Gasteiger partial charge in [0.05, 0.1) is 24.2 Å². The molecule has 0 saturated heterocycles. The van der Waals surface area contributed by atoms with Gasteiger partial charge in [-0.25, -0.2) is 4.98 Å². The zero-order valence-electron chi connectivity index (χ0n) is 21.8. The van der Waals surface area contributed by atoms with Crippen molar-refractivity contribution >= 4 is 59.7 Å². The van der Waals surface area contributed by atoms with Gasteiger partial charge < -0.3 is 9.47 Å². The molecule has 4 aromatic carbocycles. The molecule has 0 bridgehead atoms. The Morgan fingerprint density at radius 1 is 1.00 bits per heavy atom. The molecule has 0 aliphatic rings. The highest BCUT2D eigenvalue weighted by Crippen LogP contribution is 2.34. The van der Waals surface area contributed by atoms with E-state index in [0.29, 0.717) is 34.8 Å². The van der Waals surface area contributed by atoms with Gasteiger partial charge in [-0.05, 0) is 69.0 Å². The SMILES string of the molecule is CC[C@@H](C)c1nc2ccc(Br)cc2c(=O)n1N=Cc1cc(OC)c(OCc2cccc3ccccc23)cc1Br. The molecule has 1 heterocycles. The number of nitrogens with zero attached hydrogens (tertiary/aromatic N) is 3. The molecule has 39 heavy (non-hydrogen) atoms. The van der Waals surface area contributed by atoms with E-state index in [0.717, 1.165) is 31.9 Å². The predicted octanol–water partition coefficient (Wildman–Crippen LogP) is 8.06. The number of methoxy groups -OCH3 is 1. The van der Waals surface area contributed by atoms with Crippen molar-refractivity contribution in [2.75, 3.05) is 7.11 Å². The number of hydrogen-bond acceptors (Lipinski definition) is 5. The molecule has 1 atom stereocenters. The lowest BCUT2D eigenvalue weighted by atomic mass is 10.1. The molecule has 198 valence electrons. The minimum absolute atomic E-state index is 0.0470. The highest BCUT2D eigenvalue weighted by molar-refractivity contribution is 9.10. The van der Waals surface area contributed by atoms with E-state index in [-0.39, 0.29) is 11.5 Å². The minimum atomic E-state index is -0.217. The molecule has 0 unspecified atom stereocenters. The molecule has 0 radical (unpaired) electrons. The fourth-order valence-corrected chi connectivity index (χ4v) is 5.18. The normalized spacial score (nSPS) is 12.3. The van der Waals surface area contributed by atoms with Crippen LogP contribution >= 0.6 is 31.9 Å². The first kappa shape index (κ1) is 27.1. The minimum Gasteiger partial charge on any atom is -0.493 e. The highest BCUT2D eigenvalue weighted by Gasteiger charge is 2.16. The van der Waals surface area contributed by atoms with Crippen molar-refractivity contribution < 1.29 is 9.47 Å². The van der Waals surface area contributed by atoms with Gasteiger partial charge in [0.1, 0.15) is 12.4 Å². The van der Waals surface area contributed by atoms with Crippen molar-refractivity contribution in [1.29, 1.82) is 0 Å². The van der Waals surface area contributed by atoms with Crippen molar-refractivity contribution in [2.45, 2.75) is 32.8 Å². The Kier molecular flexibility index (Phi) is 8.14. The van der Waals surface area contributed by atoms with Gasteiger partial charge in [0.15, 0.2) is 11.5 Å². The third kappa shape index (κ3) is 5.63. The molecule has 1 aromatic heterocycles. The Balaban J connectivity index is 1.49. The van der Waals surface area contributed by atoms with Crippen LogP contribution in [0.1, 0.15) is 43.1 Å². The summed E-state index contributed by atoms with van der Waals surface area (Å²) < 4.78 is 14.8. The smallest absolute Gasteiger partial charge is 0.282 e. The van der Waals surface area contributed by atoms with Gasteiger partial charge in [-0.2, -0.15) is 9.78 Å². The first-order chi connectivity index (χ1) is 18.9. The largest absolute Gasteiger partial charge is 0.493 e. The second kappa shape index (κ2) is 11.7. The van der Waals surface area contributed by atoms with Gasteiger partial charge in [0, 0.05) is 20.4 Å². The van der Waals surface area contributed by atoms with E-state index in [4.69, 9.17) is 14.5 Å². The number of fused-ring (bicyclic) bond motifs is 2. The zero-order chi connectivity index (χ0) is 27.5. The fourth-order valence-electron chi connectivity index (χ4n) is 4.39. The molecular formula is C31H27Br2N3O3. The van der Waals surface area contributed by atoms with E-state index in [1.807, 2.05) is 49.4 Å². The number of rotatable bonds is 8.